The van der Waals surface area contributed by atoms with Gasteiger partial charge < -0.3 is 14.4 Å². The van der Waals surface area contributed by atoms with Gasteiger partial charge in [0.25, 0.3) is 5.91 Å². The average Bonchev–Trinajstić information content (AvgIpc) is 2.70. The van der Waals surface area contributed by atoms with Crippen molar-refractivity contribution in [2.45, 2.75) is 6.42 Å². The molecule has 96 valence electrons. The fourth-order valence-corrected chi connectivity index (χ4v) is 2.09. The highest BCUT2D eigenvalue weighted by molar-refractivity contribution is 6.44. The zero-order chi connectivity index (χ0) is 13.3. The summed E-state index contributed by atoms with van der Waals surface area (Å²) in [6.45, 7) is 0.346. The van der Waals surface area contributed by atoms with Crippen LogP contribution in [0.3, 0.4) is 0 Å². The molecule has 1 aromatic carbocycles. The molecule has 1 saturated heterocycles. The summed E-state index contributed by atoms with van der Waals surface area (Å²) in [5.41, 5.74) is 0.495. The van der Waals surface area contributed by atoms with Gasteiger partial charge in [-0.25, -0.2) is 0 Å². The summed E-state index contributed by atoms with van der Waals surface area (Å²) in [7, 11) is 2.96. The van der Waals surface area contributed by atoms with Gasteiger partial charge in [0, 0.05) is 25.1 Å². The number of methoxy groups -OCH3 is 2. The van der Waals surface area contributed by atoms with E-state index < -0.39 is 11.7 Å². The largest absolute Gasteiger partial charge is 0.495 e. The molecule has 0 aliphatic carbocycles. The van der Waals surface area contributed by atoms with Crippen molar-refractivity contribution >= 4 is 29.0 Å². The van der Waals surface area contributed by atoms with E-state index in [2.05, 4.69) is 0 Å². The van der Waals surface area contributed by atoms with E-state index in [1.165, 1.54) is 19.1 Å². The number of anilines is 1. The topological polar surface area (TPSA) is 55.8 Å². The molecule has 0 N–H and O–H groups in total. The third-order valence-electron chi connectivity index (χ3n) is 2.79. The molecular formula is C12H12ClNO4. The summed E-state index contributed by atoms with van der Waals surface area (Å²) >= 11 is 5.98. The van der Waals surface area contributed by atoms with Crippen molar-refractivity contribution in [1.29, 1.82) is 0 Å². The fraction of sp³-hybridized carbons (Fsp3) is 0.333. The molecule has 0 saturated carbocycles. The highest BCUT2D eigenvalue weighted by Gasteiger charge is 2.32. The van der Waals surface area contributed by atoms with E-state index in [9.17, 15) is 9.59 Å². The lowest BCUT2D eigenvalue weighted by atomic mass is 10.2. The number of ketones is 1. The summed E-state index contributed by atoms with van der Waals surface area (Å²) < 4.78 is 10.3. The van der Waals surface area contributed by atoms with Crippen LogP contribution in [0.5, 0.6) is 11.5 Å². The summed E-state index contributed by atoms with van der Waals surface area (Å²) in [4.78, 5) is 24.4. The van der Waals surface area contributed by atoms with Crippen molar-refractivity contribution in [1.82, 2.24) is 0 Å². The monoisotopic (exact) mass is 269 g/mol. The summed E-state index contributed by atoms with van der Waals surface area (Å²) in [6, 6.07) is 3.16. The average molecular weight is 270 g/mol. The van der Waals surface area contributed by atoms with Crippen LogP contribution >= 0.6 is 11.6 Å². The van der Waals surface area contributed by atoms with Crippen LogP contribution < -0.4 is 14.4 Å². The molecule has 6 heteroatoms. The number of halogens is 1. The fourth-order valence-electron chi connectivity index (χ4n) is 1.86. The normalized spacial score (nSPS) is 15.2. The number of rotatable bonds is 3. The molecule has 18 heavy (non-hydrogen) atoms. The van der Waals surface area contributed by atoms with Gasteiger partial charge >= 0.3 is 0 Å². The van der Waals surface area contributed by atoms with Gasteiger partial charge in [-0.15, -0.1) is 0 Å². The summed E-state index contributed by atoms with van der Waals surface area (Å²) in [5.74, 6) is -0.0629. The Morgan fingerprint density at radius 1 is 1.17 bits per heavy atom. The number of carbonyl (C=O) groups is 2. The molecule has 1 aromatic rings. The number of Topliss-reactive ketones (excluding diaryl/α,β-unsaturated/α-hetero) is 1. The minimum absolute atomic E-state index is 0.215. The first-order chi connectivity index (χ1) is 8.58. The van der Waals surface area contributed by atoms with E-state index in [0.717, 1.165) is 0 Å². The second kappa shape index (κ2) is 4.86. The van der Waals surface area contributed by atoms with Gasteiger partial charge in [0.15, 0.2) is 0 Å². The highest BCUT2D eigenvalue weighted by Crippen LogP contribution is 2.39. The standard InChI is InChI=1S/C12H12ClNO4/c1-17-10-6-8(11(18-2)5-7(10)13)14-4-3-9(15)12(14)16/h5-6H,3-4H2,1-2H3. The van der Waals surface area contributed by atoms with Gasteiger partial charge in [-0.3, -0.25) is 9.59 Å². The maximum Gasteiger partial charge on any atom is 0.294 e. The molecule has 5 nitrogen and oxygen atoms in total. The number of amides is 1. The number of nitrogens with zero attached hydrogens (tertiary/aromatic N) is 1. The van der Waals surface area contributed by atoms with Crippen molar-refractivity contribution in [3.8, 4) is 11.5 Å². The Morgan fingerprint density at radius 2 is 1.83 bits per heavy atom. The summed E-state index contributed by atoms with van der Waals surface area (Å²) in [5, 5.41) is 0.385. The van der Waals surface area contributed by atoms with Gasteiger partial charge in [0.1, 0.15) is 11.5 Å². The molecule has 0 atom stereocenters. The Balaban J connectivity index is 2.49. The van der Waals surface area contributed by atoms with Crippen LogP contribution in [0, 0.1) is 0 Å². The lowest BCUT2D eigenvalue weighted by Crippen LogP contribution is -2.27. The van der Waals surface area contributed by atoms with E-state index >= 15 is 0 Å². The minimum atomic E-state index is -0.530. The van der Waals surface area contributed by atoms with Crippen LogP contribution in [0.2, 0.25) is 5.02 Å². The van der Waals surface area contributed by atoms with Crippen LogP contribution in [-0.4, -0.2) is 32.5 Å². The maximum absolute atomic E-state index is 11.7. The van der Waals surface area contributed by atoms with E-state index in [4.69, 9.17) is 21.1 Å². The number of ether oxygens (including phenoxy) is 2. The third-order valence-corrected chi connectivity index (χ3v) is 3.09. The van der Waals surface area contributed by atoms with Crippen molar-refractivity contribution in [3.63, 3.8) is 0 Å². The van der Waals surface area contributed by atoms with Crippen LogP contribution in [0.15, 0.2) is 12.1 Å². The van der Waals surface area contributed by atoms with Crippen molar-refractivity contribution in [2.75, 3.05) is 25.7 Å². The first-order valence-corrected chi connectivity index (χ1v) is 5.72. The predicted octanol–water partition coefficient (Wildman–Crippen LogP) is 1.66. The number of carbonyl (C=O) groups excluding carboxylic acids is 2. The van der Waals surface area contributed by atoms with Gasteiger partial charge in [-0.2, -0.15) is 0 Å². The minimum Gasteiger partial charge on any atom is -0.495 e. The third kappa shape index (κ3) is 2.01. The lowest BCUT2D eigenvalue weighted by Gasteiger charge is -2.19. The predicted molar refractivity (Wildman–Crippen MR) is 66.5 cm³/mol. The quantitative estimate of drug-likeness (QED) is 0.783. The second-order valence-corrected chi connectivity index (χ2v) is 4.20. The first-order valence-electron chi connectivity index (χ1n) is 5.34. The van der Waals surface area contributed by atoms with Crippen LogP contribution in [-0.2, 0) is 9.59 Å². The van der Waals surface area contributed by atoms with Gasteiger partial charge in [0.2, 0.25) is 5.78 Å². The molecule has 0 radical (unpaired) electrons. The maximum atomic E-state index is 11.7. The Morgan fingerprint density at radius 3 is 2.33 bits per heavy atom. The van der Waals surface area contributed by atoms with E-state index in [0.29, 0.717) is 28.8 Å². The van der Waals surface area contributed by atoms with Crippen molar-refractivity contribution in [2.24, 2.45) is 0 Å². The second-order valence-electron chi connectivity index (χ2n) is 3.79. The Hall–Kier alpha value is -1.75. The number of benzene rings is 1. The molecule has 2 rings (SSSR count). The zero-order valence-corrected chi connectivity index (χ0v) is 10.8. The Kier molecular flexibility index (Phi) is 3.43. The van der Waals surface area contributed by atoms with Crippen molar-refractivity contribution in [3.05, 3.63) is 17.2 Å². The molecular weight excluding hydrogens is 258 g/mol. The Labute approximate surface area is 109 Å². The SMILES string of the molecule is COc1cc(N2CCC(=O)C2=O)c(OC)cc1Cl. The highest BCUT2D eigenvalue weighted by atomic mass is 35.5. The molecule has 0 bridgehead atoms. The Bertz CT molecular complexity index is 515. The van der Waals surface area contributed by atoms with Gasteiger partial charge in [-0.05, 0) is 0 Å². The zero-order valence-electron chi connectivity index (χ0n) is 10.0. The lowest BCUT2D eigenvalue weighted by molar-refractivity contribution is -0.133. The molecule has 1 aliphatic heterocycles. The van der Waals surface area contributed by atoms with Gasteiger partial charge in [-0.1, -0.05) is 11.6 Å². The van der Waals surface area contributed by atoms with Gasteiger partial charge in [0.05, 0.1) is 24.9 Å². The molecule has 1 aliphatic rings. The number of hydrogen-bond donors (Lipinski definition) is 0. The van der Waals surface area contributed by atoms with E-state index in [1.807, 2.05) is 0 Å². The molecule has 1 amide bonds. The summed E-state index contributed by atoms with van der Waals surface area (Å²) in [6.07, 6.45) is 0.215. The van der Waals surface area contributed by atoms with Crippen LogP contribution in [0.4, 0.5) is 5.69 Å². The van der Waals surface area contributed by atoms with E-state index in [1.54, 1.807) is 12.1 Å². The molecule has 0 aromatic heterocycles. The smallest absolute Gasteiger partial charge is 0.294 e. The van der Waals surface area contributed by atoms with Crippen LogP contribution in [0.1, 0.15) is 6.42 Å². The molecule has 1 fully saturated rings. The van der Waals surface area contributed by atoms with Crippen LogP contribution in [0.25, 0.3) is 0 Å². The molecule has 1 heterocycles. The first kappa shape index (κ1) is 12.7. The molecule has 0 unspecified atom stereocenters. The van der Waals surface area contributed by atoms with Crippen molar-refractivity contribution < 1.29 is 19.1 Å². The molecule has 0 spiro atoms. The number of hydrogen-bond acceptors (Lipinski definition) is 4. The van der Waals surface area contributed by atoms with E-state index in [-0.39, 0.29) is 6.42 Å².